The maximum atomic E-state index is 9.45. The van der Waals surface area contributed by atoms with Crippen molar-refractivity contribution in [1.82, 2.24) is 5.32 Å². The Morgan fingerprint density at radius 1 is 1.50 bits per heavy atom. The van der Waals surface area contributed by atoms with E-state index in [1.165, 1.54) is 6.08 Å². The molecule has 1 aliphatic rings. The standard InChI is InChI=1S/C9H13NO2/c1-3-8(11)9(12)7-5-10-4-6(7)2/h3,10-12H,1,4-5H2,2H3/b9-8-. The summed E-state index contributed by atoms with van der Waals surface area (Å²) < 4.78 is 0. The largest absolute Gasteiger partial charge is 0.504 e. The van der Waals surface area contributed by atoms with Gasteiger partial charge in [-0.2, -0.15) is 0 Å². The Bertz CT molecular complexity index is 264. The molecule has 0 bridgehead atoms. The van der Waals surface area contributed by atoms with Crippen molar-refractivity contribution < 1.29 is 10.2 Å². The highest BCUT2D eigenvalue weighted by molar-refractivity contribution is 5.38. The number of nitrogens with one attached hydrogen (secondary N) is 1. The second kappa shape index (κ2) is 3.45. The zero-order valence-electron chi connectivity index (χ0n) is 7.09. The number of hydrogen-bond donors (Lipinski definition) is 3. The first-order chi connectivity index (χ1) is 5.66. The first kappa shape index (κ1) is 8.87. The van der Waals surface area contributed by atoms with E-state index in [1.54, 1.807) is 0 Å². The summed E-state index contributed by atoms with van der Waals surface area (Å²) in [5.41, 5.74) is 1.83. The Morgan fingerprint density at radius 3 is 2.58 bits per heavy atom. The lowest BCUT2D eigenvalue weighted by atomic mass is 10.1. The molecule has 0 saturated heterocycles. The lowest BCUT2D eigenvalue weighted by Crippen LogP contribution is -2.09. The average molecular weight is 167 g/mol. The van der Waals surface area contributed by atoms with Gasteiger partial charge in [0.05, 0.1) is 0 Å². The second-order valence-electron chi connectivity index (χ2n) is 2.80. The molecule has 0 spiro atoms. The fourth-order valence-corrected chi connectivity index (χ4v) is 1.17. The maximum absolute atomic E-state index is 9.45. The number of aliphatic hydroxyl groups is 2. The Hall–Kier alpha value is -1.22. The fourth-order valence-electron chi connectivity index (χ4n) is 1.17. The van der Waals surface area contributed by atoms with Crippen molar-refractivity contribution in [2.24, 2.45) is 0 Å². The molecule has 0 amide bonds. The molecule has 3 N–H and O–H groups in total. The van der Waals surface area contributed by atoms with E-state index in [1.807, 2.05) is 6.92 Å². The highest BCUT2D eigenvalue weighted by Crippen LogP contribution is 2.18. The van der Waals surface area contributed by atoms with Gasteiger partial charge in [-0.1, -0.05) is 12.2 Å². The van der Waals surface area contributed by atoms with Gasteiger partial charge in [0.1, 0.15) is 0 Å². The first-order valence-corrected chi connectivity index (χ1v) is 3.81. The van der Waals surface area contributed by atoms with E-state index < -0.39 is 0 Å². The van der Waals surface area contributed by atoms with Gasteiger partial charge in [-0.25, -0.2) is 0 Å². The Balaban J connectivity index is 2.97. The summed E-state index contributed by atoms with van der Waals surface area (Å²) in [4.78, 5) is 0. The van der Waals surface area contributed by atoms with E-state index in [0.717, 1.165) is 17.7 Å². The number of aliphatic hydroxyl groups excluding tert-OH is 2. The van der Waals surface area contributed by atoms with Crippen LogP contribution in [0.5, 0.6) is 0 Å². The molecule has 0 radical (unpaired) electrons. The summed E-state index contributed by atoms with van der Waals surface area (Å²) in [6.45, 7) is 6.66. The minimum Gasteiger partial charge on any atom is -0.504 e. The van der Waals surface area contributed by atoms with Gasteiger partial charge in [0.25, 0.3) is 0 Å². The smallest absolute Gasteiger partial charge is 0.161 e. The van der Waals surface area contributed by atoms with Gasteiger partial charge in [0, 0.05) is 18.7 Å². The van der Waals surface area contributed by atoms with E-state index in [9.17, 15) is 5.11 Å². The maximum Gasteiger partial charge on any atom is 0.161 e. The molecule has 66 valence electrons. The van der Waals surface area contributed by atoms with Crippen LogP contribution in [0.2, 0.25) is 0 Å². The lowest BCUT2D eigenvalue weighted by Gasteiger charge is -2.02. The normalized spacial score (nSPS) is 19.4. The molecule has 0 aliphatic carbocycles. The van der Waals surface area contributed by atoms with Crippen molar-refractivity contribution in [2.45, 2.75) is 6.92 Å². The number of rotatable bonds is 2. The van der Waals surface area contributed by atoms with Crippen molar-refractivity contribution in [1.29, 1.82) is 0 Å². The van der Waals surface area contributed by atoms with Gasteiger partial charge in [0.2, 0.25) is 0 Å². The van der Waals surface area contributed by atoms with Gasteiger partial charge in [-0.05, 0) is 13.0 Å². The van der Waals surface area contributed by atoms with E-state index >= 15 is 0 Å². The molecule has 1 heterocycles. The van der Waals surface area contributed by atoms with Crippen LogP contribution in [0, 0.1) is 0 Å². The quantitative estimate of drug-likeness (QED) is 0.430. The van der Waals surface area contributed by atoms with Crippen LogP contribution in [0.3, 0.4) is 0 Å². The van der Waals surface area contributed by atoms with Gasteiger partial charge in [-0.3, -0.25) is 0 Å². The molecule has 1 aliphatic heterocycles. The molecule has 3 heteroatoms. The van der Waals surface area contributed by atoms with E-state index in [-0.39, 0.29) is 11.5 Å². The molecule has 0 unspecified atom stereocenters. The van der Waals surface area contributed by atoms with Crippen LogP contribution < -0.4 is 5.32 Å². The van der Waals surface area contributed by atoms with Crippen LogP contribution in [0.4, 0.5) is 0 Å². The third-order valence-electron chi connectivity index (χ3n) is 1.93. The minimum atomic E-state index is -0.159. The molecule has 1 rings (SSSR count). The molecule has 0 fully saturated rings. The minimum absolute atomic E-state index is 0.0625. The van der Waals surface area contributed by atoms with E-state index in [0.29, 0.717) is 6.54 Å². The topological polar surface area (TPSA) is 52.5 Å². The van der Waals surface area contributed by atoms with Crippen LogP contribution >= 0.6 is 0 Å². The predicted molar refractivity (Wildman–Crippen MR) is 48.1 cm³/mol. The highest BCUT2D eigenvalue weighted by Gasteiger charge is 2.15. The van der Waals surface area contributed by atoms with Gasteiger partial charge >= 0.3 is 0 Å². The van der Waals surface area contributed by atoms with E-state index in [4.69, 9.17) is 5.11 Å². The number of hydrogen-bond acceptors (Lipinski definition) is 3. The highest BCUT2D eigenvalue weighted by atomic mass is 16.3. The van der Waals surface area contributed by atoms with Crippen molar-refractivity contribution in [2.75, 3.05) is 13.1 Å². The van der Waals surface area contributed by atoms with Crippen molar-refractivity contribution in [3.63, 3.8) is 0 Å². The molecule has 0 aromatic rings. The Labute approximate surface area is 71.7 Å². The van der Waals surface area contributed by atoms with Crippen LogP contribution in [-0.2, 0) is 0 Å². The molecule has 3 nitrogen and oxygen atoms in total. The van der Waals surface area contributed by atoms with Gasteiger partial charge in [-0.15, -0.1) is 0 Å². The Morgan fingerprint density at radius 2 is 2.17 bits per heavy atom. The summed E-state index contributed by atoms with van der Waals surface area (Å²) >= 11 is 0. The molecule has 0 atom stereocenters. The Kier molecular flexibility index (Phi) is 2.55. The van der Waals surface area contributed by atoms with Crippen LogP contribution in [0.15, 0.2) is 35.3 Å². The lowest BCUT2D eigenvalue weighted by molar-refractivity contribution is 0.345. The van der Waals surface area contributed by atoms with Crippen LogP contribution in [-0.4, -0.2) is 23.3 Å². The zero-order chi connectivity index (χ0) is 9.14. The fraction of sp³-hybridized carbons (Fsp3) is 0.333. The van der Waals surface area contributed by atoms with Gasteiger partial charge in [0.15, 0.2) is 11.5 Å². The van der Waals surface area contributed by atoms with Crippen molar-refractivity contribution >= 4 is 0 Å². The molecule has 0 saturated carbocycles. The van der Waals surface area contributed by atoms with E-state index in [2.05, 4.69) is 11.9 Å². The molecule has 12 heavy (non-hydrogen) atoms. The first-order valence-electron chi connectivity index (χ1n) is 3.81. The molecule has 0 aromatic heterocycles. The molecule has 0 aromatic carbocycles. The summed E-state index contributed by atoms with van der Waals surface area (Å²) in [5.74, 6) is -0.222. The second-order valence-corrected chi connectivity index (χ2v) is 2.80. The molecular weight excluding hydrogens is 154 g/mol. The van der Waals surface area contributed by atoms with Crippen LogP contribution in [0.25, 0.3) is 0 Å². The summed E-state index contributed by atoms with van der Waals surface area (Å²) in [7, 11) is 0. The van der Waals surface area contributed by atoms with Crippen molar-refractivity contribution in [3.8, 4) is 0 Å². The molecular formula is C9H13NO2. The average Bonchev–Trinajstić information content (AvgIpc) is 2.48. The monoisotopic (exact) mass is 167 g/mol. The number of allylic oxidation sites excluding steroid dienone is 1. The summed E-state index contributed by atoms with van der Waals surface area (Å²) in [5, 5.41) is 21.7. The third kappa shape index (κ3) is 1.51. The SMILES string of the molecule is C=C/C(O)=C(/O)C1=C(C)CNC1. The predicted octanol–water partition coefficient (Wildman–Crippen LogP) is 1.42. The van der Waals surface area contributed by atoms with Crippen molar-refractivity contribution in [3.05, 3.63) is 35.3 Å². The summed E-state index contributed by atoms with van der Waals surface area (Å²) in [6.07, 6.45) is 1.23. The van der Waals surface area contributed by atoms with Crippen LogP contribution in [0.1, 0.15) is 6.92 Å². The van der Waals surface area contributed by atoms with Gasteiger partial charge < -0.3 is 15.5 Å². The zero-order valence-corrected chi connectivity index (χ0v) is 7.09. The third-order valence-corrected chi connectivity index (χ3v) is 1.93. The summed E-state index contributed by atoms with van der Waals surface area (Å²) in [6, 6.07) is 0.